The minimum Gasteiger partial charge on any atom is -0.493 e. The molecule has 2 aromatic carbocycles. The van der Waals surface area contributed by atoms with E-state index in [1.54, 1.807) is 0 Å². The molecular weight excluding hydrogens is 246 g/mol. The summed E-state index contributed by atoms with van der Waals surface area (Å²) in [5.74, 6) is 2.44. The van der Waals surface area contributed by atoms with Gasteiger partial charge in [-0.25, -0.2) is 0 Å². The van der Waals surface area contributed by atoms with Gasteiger partial charge in [0.05, 0.1) is 6.61 Å². The van der Waals surface area contributed by atoms with Crippen molar-refractivity contribution in [3.63, 3.8) is 0 Å². The van der Waals surface area contributed by atoms with Gasteiger partial charge in [0.2, 0.25) is 0 Å². The van der Waals surface area contributed by atoms with E-state index in [0.717, 1.165) is 37.8 Å². The number of fused-ring (bicyclic) bond motifs is 3. The molecule has 4 rings (SSSR count). The molecule has 2 aliphatic heterocycles. The summed E-state index contributed by atoms with van der Waals surface area (Å²) in [5, 5.41) is 3.52. The van der Waals surface area contributed by atoms with Crippen LogP contribution >= 0.6 is 0 Å². The highest BCUT2D eigenvalue weighted by molar-refractivity contribution is 5.66. The fraction of sp³-hybridized carbons (Fsp3) is 0.333. The van der Waals surface area contributed by atoms with Gasteiger partial charge in [-0.3, -0.25) is 0 Å². The molecule has 1 N–H and O–H groups in total. The van der Waals surface area contributed by atoms with Crippen molar-refractivity contribution >= 4 is 0 Å². The standard InChI is InChI=1S/C18H19NO/c1-2-4-13(5-3-1)14-6-7-16-17-12-19-11-15(17)8-9-20-18(16)10-14/h1-7,10,15,17,19H,8-9,11-12H2/t15-,17-/m1/s1. The first-order valence-electron chi connectivity index (χ1n) is 7.45. The van der Waals surface area contributed by atoms with Crippen LogP contribution in [0.4, 0.5) is 0 Å². The van der Waals surface area contributed by atoms with E-state index in [-0.39, 0.29) is 0 Å². The van der Waals surface area contributed by atoms with E-state index < -0.39 is 0 Å². The lowest BCUT2D eigenvalue weighted by atomic mass is 9.86. The molecule has 2 heterocycles. The van der Waals surface area contributed by atoms with Gasteiger partial charge in [-0.05, 0) is 41.6 Å². The minimum atomic E-state index is 0.623. The molecular formula is C18H19NO. The topological polar surface area (TPSA) is 21.3 Å². The van der Waals surface area contributed by atoms with Crippen molar-refractivity contribution in [1.29, 1.82) is 0 Å². The van der Waals surface area contributed by atoms with Crippen molar-refractivity contribution in [1.82, 2.24) is 5.32 Å². The average molecular weight is 265 g/mol. The Labute approximate surface area is 119 Å². The number of ether oxygens (including phenoxy) is 1. The lowest BCUT2D eigenvalue weighted by Crippen LogP contribution is -2.11. The van der Waals surface area contributed by atoms with Crippen LogP contribution in [0.1, 0.15) is 17.9 Å². The Morgan fingerprint density at radius 1 is 0.950 bits per heavy atom. The van der Waals surface area contributed by atoms with E-state index in [1.165, 1.54) is 16.7 Å². The lowest BCUT2D eigenvalue weighted by Gasteiger charge is -2.16. The third kappa shape index (κ3) is 2.01. The Kier molecular flexibility index (Phi) is 2.96. The largest absolute Gasteiger partial charge is 0.493 e. The SMILES string of the molecule is c1ccc(-c2ccc3c(c2)OCC[C@@H]2CNC[C@@H]32)cc1. The molecule has 102 valence electrons. The molecule has 20 heavy (non-hydrogen) atoms. The van der Waals surface area contributed by atoms with E-state index in [0.29, 0.717) is 5.92 Å². The van der Waals surface area contributed by atoms with E-state index in [2.05, 4.69) is 53.8 Å². The smallest absolute Gasteiger partial charge is 0.123 e. The maximum atomic E-state index is 6.02. The van der Waals surface area contributed by atoms with Gasteiger partial charge in [0.1, 0.15) is 5.75 Å². The highest BCUT2D eigenvalue weighted by atomic mass is 16.5. The van der Waals surface area contributed by atoms with Gasteiger partial charge in [0.15, 0.2) is 0 Å². The van der Waals surface area contributed by atoms with E-state index >= 15 is 0 Å². The van der Waals surface area contributed by atoms with Crippen molar-refractivity contribution in [2.45, 2.75) is 12.3 Å². The number of hydrogen-bond donors (Lipinski definition) is 1. The Morgan fingerprint density at radius 3 is 2.75 bits per heavy atom. The molecule has 0 spiro atoms. The summed E-state index contributed by atoms with van der Waals surface area (Å²) in [6.45, 7) is 3.06. The number of nitrogens with one attached hydrogen (secondary N) is 1. The average Bonchev–Trinajstić information content (AvgIpc) is 2.90. The number of hydrogen-bond acceptors (Lipinski definition) is 2. The van der Waals surface area contributed by atoms with Gasteiger partial charge in [0, 0.05) is 12.5 Å². The minimum absolute atomic E-state index is 0.623. The van der Waals surface area contributed by atoms with Crippen LogP contribution in [0.25, 0.3) is 11.1 Å². The molecule has 2 heteroatoms. The molecule has 0 bridgehead atoms. The Morgan fingerprint density at radius 2 is 1.85 bits per heavy atom. The zero-order valence-corrected chi connectivity index (χ0v) is 11.5. The van der Waals surface area contributed by atoms with Crippen LogP contribution in [-0.2, 0) is 0 Å². The zero-order valence-electron chi connectivity index (χ0n) is 11.5. The van der Waals surface area contributed by atoms with Crippen molar-refractivity contribution in [2.24, 2.45) is 5.92 Å². The number of benzene rings is 2. The molecule has 2 aliphatic rings. The van der Waals surface area contributed by atoms with Gasteiger partial charge in [-0.1, -0.05) is 42.5 Å². The Balaban J connectivity index is 1.76. The highest BCUT2D eigenvalue weighted by Crippen LogP contribution is 2.40. The first kappa shape index (κ1) is 12.0. The van der Waals surface area contributed by atoms with Gasteiger partial charge in [0.25, 0.3) is 0 Å². The summed E-state index contributed by atoms with van der Waals surface area (Å²) in [5.41, 5.74) is 3.88. The summed E-state index contributed by atoms with van der Waals surface area (Å²) >= 11 is 0. The van der Waals surface area contributed by atoms with Crippen molar-refractivity contribution in [3.8, 4) is 16.9 Å². The van der Waals surface area contributed by atoms with Gasteiger partial charge >= 0.3 is 0 Å². The predicted octanol–water partition coefficient (Wildman–Crippen LogP) is 3.44. The van der Waals surface area contributed by atoms with Crippen molar-refractivity contribution in [3.05, 3.63) is 54.1 Å². The summed E-state index contributed by atoms with van der Waals surface area (Å²) in [4.78, 5) is 0. The van der Waals surface area contributed by atoms with Gasteiger partial charge < -0.3 is 10.1 Å². The maximum absolute atomic E-state index is 6.02. The van der Waals surface area contributed by atoms with E-state index in [4.69, 9.17) is 4.74 Å². The van der Waals surface area contributed by atoms with E-state index in [9.17, 15) is 0 Å². The van der Waals surface area contributed by atoms with Crippen LogP contribution in [0.3, 0.4) is 0 Å². The number of rotatable bonds is 1. The maximum Gasteiger partial charge on any atom is 0.123 e. The molecule has 1 saturated heterocycles. The van der Waals surface area contributed by atoms with E-state index in [1.807, 2.05) is 0 Å². The second kappa shape index (κ2) is 4.95. The fourth-order valence-electron chi connectivity index (χ4n) is 3.50. The second-order valence-electron chi connectivity index (χ2n) is 5.78. The molecule has 0 aliphatic carbocycles. The first-order chi connectivity index (χ1) is 9.92. The monoisotopic (exact) mass is 265 g/mol. The van der Waals surface area contributed by atoms with Crippen LogP contribution in [0.2, 0.25) is 0 Å². The van der Waals surface area contributed by atoms with Crippen molar-refractivity contribution < 1.29 is 4.74 Å². The summed E-state index contributed by atoms with van der Waals surface area (Å²) in [6, 6.07) is 17.2. The Hall–Kier alpha value is -1.80. The van der Waals surface area contributed by atoms with Crippen LogP contribution in [0.5, 0.6) is 5.75 Å². The van der Waals surface area contributed by atoms with Gasteiger partial charge in [-0.15, -0.1) is 0 Å². The van der Waals surface area contributed by atoms with Crippen LogP contribution in [0, 0.1) is 5.92 Å². The van der Waals surface area contributed by atoms with Crippen LogP contribution < -0.4 is 10.1 Å². The third-order valence-corrected chi connectivity index (χ3v) is 4.61. The summed E-state index contributed by atoms with van der Waals surface area (Å²) in [7, 11) is 0. The second-order valence-corrected chi connectivity index (χ2v) is 5.78. The molecule has 1 fully saturated rings. The predicted molar refractivity (Wildman–Crippen MR) is 81.1 cm³/mol. The molecule has 2 nitrogen and oxygen atoms in total. The molecule has 0 aromatic heterocycles. The fourth-order valence-corrected chi connectivity index (χ4v) is 3.50. The van der Waals surface area contributed by atoms with Crippen LogP contribution in [-0.4, -0.2) is 19.7 Å². The van der Waals surface area contributed by atoms with Gasteiger partial charge in [-0.2, -0.15) is 0 Å². The first-order valence-corrected chi connectivity index (χ1v) is 7.45. The molecule has 0 saturated carbocycles. The normalized spacial score (nSPS) is 24.4. The summed E-state index contributed by atoms with van der Waals surface area (Å²) in [6.07, 6.45) is 1.16. The quantitative estimate of drug-likeness (QED) is 0.853. The molecule has 0 unspecified atom stereocenters. The van der Waals surface area contributed by atoms with Crippen LogP contribution in [0.15, 0.2) is 48.5 Å². The highest BCUT2D eigenvalue weighted by Gasteiger charge is 2.32. The molecule has 2 aromatic rings. The summed E-state index contributed by atoms with van der Waals surface area (Å²) < 4.78 is 6.02. The zero-order chi connectivity index (χ0) is 13.4. The Bertz CT molecular complexity index is 608. The van der Waals surface area contributed by atoms with Crippen molar-refractivity contribution in [2.75, 3.05) is 19.7 Å². The third-order valence-electron chi connectivity index (χ3n) is 4.61. The molecule has 0 amide bonds. The molecule has 2 atom stereocenters. The lowest BCUT2D eigenvalue weighted by molar-refractivity contribution is 0.296. The molecule has 0 radical (unpaired) electrons.